The molecule has 0 aromatic heterocycles. The van der Waals surface area contributed by atoms with Crippen molar-refractivity contribution in [3.8, 4) is 11.5 Å². The van der Waals surface area contributed by atoms with Crippen LogP contribution in [0.15, 0.2) is 48.5 Å². The van der Waals surface area contributed by atoms with Gasteiger partial charge in [-0.15, -0.1) is 0 Å². The Balaban J connectivity index is 1.69. The number of ether oxygens (including phenoxy) is 2. The summed E-state index contributed by atoms with van der Waals surface area (Å²) in [5, 5.41) is 5.48. The molecule has 7 heteroatoms. The maximum atomic E-state index is 12.1. The maximum Gasteiger partial charge on any atom is 0.308 e. The second-order valence-electron chi connectivity index (χ2n) is 6.08. The number of amides is 2. The van der Waals surface area contributed by atoms with Gasteiger partial charge in [-0.05, 0) is 42.3 Å². The highest BCUT2D eigenvalue weighted by Gasteiger charge is 2.08. The summed E-state index contributed by atoms with van der Waals surface area (Å²) >= 11 is 0. The van der Waals surface area contributed by atoms with Crippen LogP contribution >= 0.6 is 0 Å². The molecule has 2 aromatic carbocycles. The first kappa shape index (κ1) is 21.0. The van der Waals surface area contributed by atoms with Crippen molar-refractivity contribution in [1.29, 1.82) is 0 Å². The van der Waals surface area contributed by atoms with Crippen molar-refractivity contribution >= 4 is 17.8 Å². The quantitative estimate of drug-likeness (QED) is 0.392. The second kappa shape index (κ2) is 10.7. The molecule has 0 aliphatic rings. The van der Waals surface area contributed by atoms with Crippen LogP contribution in [-0.4, -0.2) is 38.0 Å². The molecule has 0 unspecified atom stereocenters. The van der Waals surface area contributed by atoms with E-state index >= 15 is 0 Å². The van der Waals surface area contributed by atoms with E-state index in [0.29, 0.717) is 37.2 Å². The van der Waals surface area contributed by atoms with Gasteiger partial charge in [0.15, 0.2) is 0 Å². The third-order valence-corrected chi connectivity index (χ3v) is 3.87. The predicted octanol–water partition coefficient (Wildman–Crippen LogP) is 2.10. The summed E-state index contributed by atoms with van der Waals surface area (Å²) in [7, 11) is 1.60. The molecule has 0 atom stereocenters. The van der Waals surface area contributed by atoms with Crippen LogP contribution in [0.4, 0.5) is 0 Å². The minimum absolute atomic E-state index is 0.0890. The molecule has 0 saturated carbocycles. The first-order valence-electron chi connectivity index (χ1n) is 8.94. The zero-order chi connectivity index (χ0) is 20.4. The van der Waals surface area contributed by atoms with Gasteiger partial charge in [-0.1, -0.05) is 18.2 Å². The van der Waals surface area contributed by atoms with Crippen molar-refractivity contribution in [2.45, 2.75) is 19.8 Å². The maximum absolute atomic E-state index is 12.1. The molecule has 0 bridgehead atoms. The lowest BCUT2D eigenvalue weighted by molar-refractivity contribution is -0.131. The van der Waals surface area contributed by atoms with Gasteiger partial charge < -0.3 is 20.1 Å². The minimum atomic E-state index is -0.450. The number of carbonyl (C=O) groups excluding carboxylic acids is 3. The predicted molar refractivity (Wildman–Crippen MR) is 104 cm³/mol. The van der Waals surface area contributed by atoms with Gasteiger partial charge in [0, 0.05) is 32.0 Å². The molecule has 0 aliphatic heterocycles. The molecule has 0 heterocycles. The third-order valence-electron chi connectivity index (χ3n) is 3.87. The second-order valence-corrected chi connectivity index (χ2v) is 6.08. The van der Waals surface area contributed by atoms with Crippen LogP contribution in [0.2, 0.25) is 0 Å². The molecule has 0 saturated heterocycles. The fourth-order valence-corrected chi connectivity index (χ4v) is 2.52. The summed E-state index contributed by atoms with van der Waals surface area (Å²) in [6.07, 6.45) is 0.962. The van der Waals surface area contributed by atoms with Crippen LogP contribution in [0, 0.1) is 0 Å². The number of benzene rings is 2. The van der Waals surface area contributed by atoms with E-state index in [1.165, 1.54) is 13.0 Å². The fraction of sp³-hybridized carbons (Fsp3) is 0.286. The molecular weight excluding hydrogens is 360 g/mol. The van der Waals surface area contributed by atoms with E-state index < -0.39 is 5.97 Å². The molecule has 0 aliphatic carbocycles. The van der Waals surface area contributed by atoms with E-state index in [0.717, 1.165) is 11.3 Å². The minimum Gasteiger partial charge on any atom is -0.497 e. The van der Waals surface area contributed by atoms with Crippen LogP contribution < -0.4 is 20.1 Å². The lowest BCUT2D eigenvalue weighted by Crippen LogP contribution is -2.34. The number of aryl methyl sites for hydroxylation is 1. The molecule has 0 radical (unpaired) electrons. The van der Waals surface area contributed by atoms with Crippen molar-refractivity contribution in [2.24, 2.45) is 0 Å². The Kier molecular flexibility index (Phi) is 8.02. The van der Waals surface area contributed by atoms with Gasteiger partial charge in [-0.25, -0.2) is 0 Å². The monoisotopic (exact) mass is 384 g/mol. The standard InChI is InChI=1S/C21H24N2O5/c1-15(24)28-19-8-4-6-17(14-19)21(26)23-12-11-22-20(25)10-9-16-5-3-7-18(13-16)27-2/h3-8,13-14H,9-12H2,1-2H3,(H,22,25)(H,23,26). The smallest absolute Gasteiger partial charge is 0.308 e. The van der Waals surface area contributed by atoms with Crippen molar-refractivity contribution in [2.75, 3.05) is 20.2 Å². The normalized spacial score (nSPS) is 10.1. The highest BCUT2D eigenvalue weighted by atomic mass is 16.5. The number of rotatable bonds is 9. The highest BCUT2D eigenvalue weighted by molar-refractivity contribution is 5.94. The Morgan fingerprint density at radius 3 is 2.39 bits per heavy atom. The van der Waals surface area contributed by atoms with Gasteiger partial charge >= 0.3 is 5.97 Å². The number of methoxy groups -OCH3 is 1. The van der Waals surface area contributed by atoms with Gasteiger partial charge in [-0.3, -0.25) is 14.4 Å². The van der Waals surface area contributed by atoms with Crippen LogP contribution in [0.25, 0.3) is 0 Å². The largest absolute Gasteiger partial charge is 0.497 e. The lowest BCUT2D eigenvalue weighted by atomic mass is 10.1. The lowest BCUT2D eigenvalue weighted by Gasteiger charge is -2.09. The van der Waals surface area contributed by atoms with E-state index in [2.05, 4.69) is 10.6 Å². The van der Waals surface area contributed by atoms with Crippen molar-refractivity contribution in [1.82, 2.24) is 10.6 Å². The molecule has 2 amide bonds. The fourth-order valence-electron chi connectivity index (χ4n) is 2.52. The molecule has 2 aromatic rings. The van der Waals surface area contributed by atoms with E-state index in [-0.39, 0.29) is 11.8 Å². The van der Waals surface area contributed by atoms with Crippen LogP contribution in [-0.2, 0) is 16.0 Å². The Morgan fingerprint density at radius 1 is 0.929 bits per heavy atom. The number of nitrogens with one attached hydrogen (secondary N) is 2. The molecule has 28 heavy (non-hydrogen) atoms. The molecule has 148 valence electrons. The first-order chi connectivity index (χ1) is 13.5. The Morgan fingerprint density at radius 2 is 1.64 bits per heavy atom. The van der Waals surface area contributed by atoms with Gasteiger partial charge in [0.05, 0.1) is 7.11 Å². The van der Waals surface area contributed by atoms with Gasteiger partial charge in [0.2, 0.25) is 5.91 Å². The number of hydrogen-bond donors (Lipinski definition) is 2. The summed E-state index contributed by atoms with van der Waals surface area (Å²) in [6.45, 7) is 1.91. The third kappa shape index (κ3) is 7.11. The number of carbonyl (C=O) groups is 3. The summed E-state index contributed by atoms with van der Waals surface area (Å²) in [5.41, 5.74) is 1.40. The molecule has 2 N–H and O–H groups in total. The highest BCUT2D eigenvalue weighted by Crippen LogP contribution is 2.14. The van der Waals surface area contributed by atoms with Gasteiger partial charge in [0.1, 0.15) is 11.5 Å². The average molecular weight is 384 g/mol. The number of hydrogen-bond acceptors (Lipinski definition) is 5. The average Bonchev–Trinajstić information content (AvgIpc) is 2.69. The van der Waals surface area contributed by atoms with Crippen LogP contribution in [0.5, 0.6) is 11.5 Å². The molecule has 7 nitrogen and oxygen atoms in total. The van der Waals surface area contributed by atoms with E-state index in [1.807, 2.05) is 24.3 Å². The molecule has 0 fully saturated rings. The van der Waals surface area contributed by atoms with Crippen LogP contribution in [0.1, 0.15) is 29.3 Å². The van der Waals surface area contributed by atoms with Gasteiger partial charge in [-0.2, -0.15) is 0 Å². The summed E-state index contributed by atoms with van der Waals surface area (Å²) in [6, 6.07) is 13.9. The van der Waals surface area contributed by atoms with E-state index in [4.69, 9.17) is 9.47 Å². The summed E-state index contributed by atoms with van der Waals surface area (Å²) < 4.78 is 10.1. The summed E-state index contributed by atoms with van der Waals surface area (Å²) in [4.78, 5) is 35.0. The molecule has 2 rings (SSSR count). The Hall–Kier alpha value is -3.35. The van der Waals surface area contributed by atoms with Crippen molar-refractivity contribution in [3.05, 3.63) is 59.7 Å². The topological polar surface area (TPSA) is 93.7 Å². The number of esters is 1. The zero-order valence-corrected chi connectivity index (χ0v) is 16.0. The Bertz CT molecular complexity index is 835. The molecule has 0 spiro atoms. The SMILES string of the molecule is COc1cccc(CCC(=O)NCCNC(=O)c2cccc(OC(C)=O)c2)c1. The van der Waals surface area contributed by atoms with Crippen LogP contribution in [0.3, 0.4) is 0 Å². The van der Waals surface area contributed by atoms with Gasteiger partial charge in [0.25, 0.3) is 5.91 Å². The zero-order valence-electron chi connectivity index (χ0n) is 16.0. The first-order valence-corrected chi connectivity index (χ1v) is 8.94. The van der Waals surface area contributed by atoms with E-state index in [1.54, 1.807) is 25.3 Å². The van der Waals surface area contributed by atoms with E-state index in [9.17, 15) is 14.4 Å². The Labute approximate surface area is 164 Å². The summed E-state index contributed by atoms with van der Waals surface area (Å²) in [5.74, 6) is 0.229. The van der Waals surface area contributed by atoms with Crippen molar-refractivity contribution < 1.29 is 23.9 Å². The van der Waals surface area contributed by atoms with Crippen molar-refractivity contribution in [3.63, 3.8) is 0 Å². The molecular formula is C21H24N2O5.